The molecular weight excluding hydrogens is 294 g/mol. The number of benzene rings is 1. The van der Waals surface area contributed by atoms with Crippen LogP contribution in [-0.2, 0) is 4.79 Å². The predicted octanol–water partition coefficient (Wildman–Crippen LogP) is 3.75. The number of para-hydroxylation sites is 1. The smallest absolute Gasteiger partial charge is 0.209 e. The molecule has 2 aliphatic carbocycles. The summed E-state index contributed by atoms with van der Waals surface area (Å²) in [6.07, 6.45) is 6.23. The fourth-order valence-electron chi connectivity index (χ4n) is 2.92. The van der Waals surface area contributed by atoms with E-state index in [1.807, 2.05) is 22.9 Å². The number of thioether (sulfide) groups is 1. The van der Waals surface area contributed by atoms with Gasteiger partial charge in [-0.25, -0.2) is 9.67 Å². The standard InChI is InChI=1S/C17H19N3OS/c21-14-8-4-5-9-15(14)22-17-18-16(12-10-11-12)20(19-17)13-6-2-1-3-7-13/h1-3,6-7,12,15H,4-5,8-11H2/t15-/m0/s1. The zero-order valence-corrected chi connectivity index (χ0v) is 13.3. The highest BCUT2D eigenvalue weighted by Crippen LogP contribution is 2.41. The van der Waals surface area contributed by atoms with Gasteiger partial charge in [0.2, 0.25) is 5.16 Å². The molecule has 0 bridgehead atoms. The monoisotopic (exact) mass is 313 g/mol. The van der Waals surface area contributed by atoms with Gasteiger partial charge in [-0.2, -0.15) is 0 Å². The minimum absolute atomic E-state index is 0.0485. The number of aromatic nitrogens is 3. The Morgan fingerprint density at radius 1 is 1.09 bits per heavy atom. The summed E-state index contributed by atoms with van der Waals surface area (Å²) in [7, 11) is 0. The summed E-state index contributed by atoms with van der Waals surface area (Å²) in [4.78, 5) is 16.8. The lowest BCUT2D eigenvalue weighted by molar-refractivity contribution is -0.119. The van der Waals surface area contributed by atoms with Crippen molar-refractivity contribution in [2.24, 2.45) is 0 Å². The summed E-state index contributed by atoms with van der Waals surface area (Å²) < 4.78 is 1.97. The average Bonchev–Trinajstić information content (AvgIpc) is 3.31. The molecule has 1 aromatic heterocycles. The number of carbonyl (C=O) groups is 1. The van der Waals surface area contributed by atoms with Crippen LogP contribution >= 0.6 is 11.8 Å². The van der Waals surface area contributed by atoms with E-state index in [9.17, 15) is 4.79 Å². The maximum atomic E-state index is 12.0. The minimum atomic E-state index is 0.0485. The summed E-state index contributed by atoms with van der Waals surface area (Å²) in [5.41, 5.74) is 1.05. The van der Waals surface area contributed by atoms with Gasteiger partial charge >= 0.3 is 0 Å². The summed E-state index contributed by atoms with van der Waals surface area (Å²) in [5.74, 6) is 1.95. The van der Waals surface area contributed by atoms with Crippen LogP contribution in [0.4, 0.5) is 0 Å². The van der Waals surface area contributed by atoms with E-state index in [1.165, 1.54) is 12.8 Å². The molecule has 0 unspecified atom stereocenters. The Balaban J connectivity index is 1.62. The van der Waals surface area contributed by atoms with Gasteiger partial charge in [-0.15, -0.1) is 5.10 Å². The van der Waals surface area contributed by atoms with Crippen LogP contribution in [-0.4, -0.2) is 25.8 Å². The average molecular weight is 313 g/mol. The van der Waals surface area contributed by atoms with Gasteiger partial charge in [0, 0.05) is 12.3 Å². The van der Waals surface area contributed by atoms with Crippen LogP contribution < -0.4 is 0 Å². The summed E-state index contributed by atoms with van der Waals surface area (Å²) >= 11 is 1.55. The van der Waals surface area contributed by atoms with Crippen LogP contribution in [0.3, 0.4) is 0 Å². The van der Waals surface area contributed by atoms with E-state index in [2.05, 4.69) is 17.2 Å². The topological polar surface area (TPSA) is 47.8 Å². The highest BCUT2D eigenvalue weighted by molar-refractivity contribution is 8.00. The third-order valence-electron chi connectivity index (χ3n) is 4.30. The fraction of sp³-hybridized carbons (Fsp3) is 0.471. The van der Waals surface area contributed by atoms with Gasteiger partial charge in [-0.05, 0) is 37.8 Å². The molecule has 0 amide bonds. The molecule has 4 nitrogen and oxygen atoms in total. The number of nitrogens with zero attached hydrogens (tertiary/aromatic N) is 3. The number of hydrogen-bond donors (Lipinski definition) is 0. The highest BCUT2D eigenvalue weighted by Gasteiger charge is 2.32. The summed E-state index contributed by atoms with van der Waals surface area (Å²) in [6.45, 7) is 0. The van der Waals surface area contributed by atoms with Gasteiger partial charge < -0.3 is 0 Å². The van der Waals surface area contributed by atoms with Gasteiger partial charge in [-0.1, -0.05) is 36.4 Å². The Morgan fingerprint density at radius 2 is 1.91 bits per heavy atom. The second-order valence-corrected chi connectivity index (χ2v) is 7.26. The van der Waals surface area contributed by atoms with Crippen LogP contribution in [0.25, 0.3) is 5.69 Å². The van der Waals surface area contributed by atoms with Crippen LogP contribution in [0.15, 0.2) is 35.5 Å². The Kier molecular flexibility index (Phi) is 3.74. The normalized spacial score (nSPS) is 22.0. The third kappa shape index (κ3) is 2.82. The van der Waals surface area contributed by atoms with Crippen molar-refractivity contribution in [3.63, 3.8) is 0 Å². The van der Waals surface area contributed by atoms with Crippen molar-refractivity contribution in [2.45, 2.75) is 54.8 Å². The van der Waals surface area contributed by atoms with Gasteiger partial charge in [0.15, 0.2) is 0 Å². The van der Waals surface area contributed by atoms with E-state index in [4.69, 9.17) is 4.98 Å². The number of carbonyl (C=O) groups excluding carboxylic acids is 1. The first-order valence-electron chi connectivity index (χ1n) is 8.03. The molecule has 2 aliphatic rings. The Morgan fingerprint density at radius 3 is 2.64 bits per heavy atom. The molecule has 0 aliphatic heterocycles. The van der Waals surface area contributed by atoms with Gasteiger partial charge in [0.1, 0.15) is 11.6 Å². The number of ketones is 1. The van der Waals surface area contributed by atoms with E-state index in [1.54, 1.807) is 11.8 Å². The third-order valence-corrected chi connectivity index (χ3v) is 5.47. The predicted molar refractivity (Wildman–Crippen MR) is 86.5 cm³/mol. The molecule has 0 spiro atoms. The van der Waals surface area contributed by atoms with Crippen molar-refractivity contribution in [1.82, 2.24) is 14.8 Å². The molecule has 1 atom stereocenters. The van der Waals surface area contributed by atoms with Gasteiger partial charge in [0.05, 0.1) is 10.9 Å². The van der Waals surface area contributed by atoms with Crippen LogP contribution in [0.1, 0.15) is 50.3 Å². The quantitative estimate of drug-likeness (QED) is 0.862. The number of Topliss-reactive ketones (excluding diaryl/α,β-unsaturated/α-hetero) is 1. The second kappa shape index (κ2) is 5.88. The van der Waals surface area contributed by atoms with Crippen molar-refractivity contribution in [3.8, 4) is 5.69 Å². The first kappa shape index (κ1) is 14.0. The highest BCUT2D eigenvalue weighted by atomic mass is 32.2. The van der Waals surface area contributed by atoms with Gasteiger partial charge in [0.25, 0.3) is 0 Å². The number of hydrogen-bond acceptors (Lipinski definition) is 4. The molecular formula is C17H19N3OS. The van der Waals surface area contributed by atoms with Crippen molar-refractivity contribution >= 4 is 17.5 Å². The second-order valence-electron chi connectivity index (χ2n) is 6.09. The Hall–Kier alpha value is -1.62. The van der Waals surface area contributed by atoms with Crippen LogP contribution in [0, 0.1) is 0 Å². The van der Waals surface area contributed by atoms with Gasteiger partial charge in [-0.3, -0.25) is 4.79 Å². The van der Waals surface area contributed by atoms with E-state index < -0.39 is 0 Å². The van der Waals surface area contributed by atoms with Crippen LogP contribution in [0.5, 0.6) is 0 Å². The number of rotatable bonds is 4. The lowest BCUT2D eigenvalue weighted by atomic mass is 9.99. The molecule has 0 saturated heterocycles. The first-order chi connectivity index (χ1) is 10.8. The molecule has 22 heavy (non-hydrogen) atoms. The maximum Gasteiger partial charge on any atom is 0.209 e. The molecule has 1 heterocycles. The largest absolute Gasteiger partial charge is 0.298 e. The zero-order chi connectivity index (χ0) is 14.9. The van der Waals surface area contributed by atoms with Crippen molar-refractivity contribution in [2.75, 3.05) is 0 Å². The first-order valence-corrected chi connectivity index (χ1v) is 8.91. The summed E-state index contributed by atoms with van der Waals surface area (Å²) in [5, 5.41) is 5.49. The lowest BCUT2D eigenvalue weighted by Crippen LogP contribution is -2.21. The fourth-order valence-corrected chi connectivity index (χ4v) is 3.99. The maximum absolute atomic E-state index is 12.0. The molecule has 1 aromatic carbocycles. The van der Waals surface area contributed by atoms with Crippen molar-refractivity contribution in [3.05, 3.63) is 36.2 Å². The molecule has 4 rings (SSSR count). The molecule has 5 heteroatoms. The molecule has 114 valence electrons. The minimum Gasteiger partial charge on any atom is -0.298 e. The van der Waals surface area contributed by atoms with Crippen molar-refractivity contribution < 1.29 is 4.79 Å². The Bertz CT molecular complexity index is 678. The van der Waals surface area contributed by atoms with E-state index in [0.717, 1.165) is 35.9 Å². The van der Waals surface area contributed by atoms with Crippen molar-refractivity contribution in [1.29, 1.82) is 0 Å². The lowest BCUT2D eigenvalue weighted by Gasteiger charge is -2.17. The van der Waals surface area contributed by atoms with Crippen LogP contribution in [0.2, 0.25) is 0 Å². The summed E-state index contributed by atoms with van der Waals surface area (Å²) in [6, 6.07) is 10.2. The molecule has 2 fully saturated rings. The zero-order valence-electron chi connectivity index (χ0n) is 12.4. The SMILES string of the molecule is O=C1CCCC[C@@H]1Sc1nc(C2CC2)n(-c2ccccc2)n1. The molecule has 2 aromatic rings. The Labute approximate surface area is 134 Å². The molecule has 0 N–H and O–H groups in total. The van der Waals surface area contributed by atoms with E-state index in [-0.39, 0.29) is 5.25 Å². The molecule has 2 saturated carbocycles. The van der Waals surface area contributed by atoms with E-state index >= 15 is 0 Å². The molecule has 0 radical (unpaired) electrons. The van der Waals surface area contributed by atoms with E-state index in [0.29, 0.717) is 18.1 Å².